The number of benzene rings is 4. The molecule has 4 aromatic rings. The van der Waals surface area contributed by atoms with Gasteiger partial charge >= 0.3 is 0 Å². The zero-order chi connectivity index (χ0) is 26.6. The second kappa shape index (κ2) is 11.5. The molecular weight excluding hydrogens is 527 g/mol. The summed E-state index contributed by atoms with van der Waals surface area (Å²) in [5, 5.41) is 5.82. The Morgan fingerprint density at radius 3 is 2.27 bits per heavy atom. The van der Waals surface area contributed by atoms with Crippen molar-refractivity contribution in [3.63, 3.8) is 0 Å². The molecule has 0 spiro atoms. The van der Waals surface area contributed by atoms with Gasteiger partial charge in [-0.15, -0.1) is 0 Å². The molecule has 1 atom stereocenters. The maximum Gasteiger partial charge on any atom is 0.264 e. The smallest absolute Gasteiger partial charge is 0.264 e. The van der Waals surface area contributed by atoms with E-state index in [1.54, 1.807) is 12.1 Å². The minimum absolute atomic E-state index is 0.0753. The Kier molecular flexibility index (Phi) is 8.42. The van der Waals surface area contributed by atoms with Crippen molar-refractivity contribution in [3.05, 3.63) is 106 Å². The summed E-state index contributed by atoms with van der Waals surface area (Å²) in [7, 11) is -4.06. The average Bonchev–Trinajstić information content (AvgIpc) is 2.86. The Morgan fingerprint density at radius 1 is 0.919 bits per heavy atom. The van der Waals surface area contributed by atoms with Gasteiger partial charge in [-0.05, 0) is 65.9 Å². The molecule has 4 aromatic carbocycles. The number of fused-ring (bicyclic) bond motifs is 1. The third-order valence-electron chi connectivity index (χ3n) is 6.13. The lowest BCUT2D eigenvalue weighted by Crippen LogP contribution is -2.42. The first kappa shape index (κ1) is 27.0. The third kappa shape index (κ3) is 6.63. The van der Waals surface area contributed by atoms with Crippen molar-refractivity contribution in [2.75, 3.05) is 17.4 Å². The van der Waals surface area contributed by atoms with Crippen LogP contribution < -0.4 is 9.62 Å². The van der Waals surface area contributed by atoms with Crippen molar-refractivity contribution in [3.8, 4) is 0 Å². The van der Waals surface area contributed by atoms with E-state index >= 15 is 0 Å². The van der Waals surface area contributed by atoms with Crippen molar-refractivity contribution < 1.29 is 13.2 Å². The number of hydrogen-bond donors (Lipinski definition) is 1. The Bertz CT molecular complexity index is 1500. The van der Waals surface area contributed by atoms with Gasteiger partial charge in [0.25, 0.3) is 10.0 Å². The highest BCUT2D eigenvalue weighted by Crippen LogP contribution is 2.30. The number of sulfonamides is 1. The number of rotatable bonds is 9. The summed E-state index contributed by atoms with van der Waals surface area (Å²) in [5.41, 5.74) is 2.35. The maximum atomic E-state index is 13.6. The predicted molar refractivity (Wildman–Crippen MR) is 152 cm³/mol. The fourth-order valence-electron chi connectivity index (χ4n) is 4.23. The van der Waals surface area contributed by atoms with Crippen molar-refractivity contribution in [1.82, 2.24) is 5.32 Å². The minimum atomic E-state index is -4.06. The van der Waals surface area contributed by atoms with E-state index in [-0.39, 0.29) is 26.5 Å². The normalized spacial score (nSPS) is 12.3. The number of halogens is 2. The molecule has 8 heteroatoms. The van der Waals surface area contributed by atoms with Crippen LogP contribution in [0, 0.1) is 12.8 Å². The topological polar surface area (TPSA) is 66.5 Å². The van der Waals surface area contributed by atoms with Gasteiger partial charge in [-0.25, -0.2) is 8.42 Å². The highest BCUT2D eigenvalue weighted by molar-refractivity contribution is 7.92. The molecule has 0 aliphatic rings. The Morgan fingerprint density at radius 2 is 1.57 bits per heavy atom. The molecule has 0 saturated carbocycles. The molecule has 4 rings (SSSR count). The standard InChI is InChI=1S/C29H28Cl2N2O3S/c1-20-10-12-27(13-11-20)37(35,36)33(26-16-24(30)15-25(31)17-26)19-29(34)32-18-21(2)14-23-8-5-7-22-6-3-4-9-28(22)23/h3-13,15-17,21H,14,18-19H2,1-2H3,(H,32,34). The number of nitrogens with one attached hydrogen (secondary N) is 1. The Balaban J connectivity index is 1.51. The number of carbonyl (C=O) groups is 1. The van der Waals surface area contributed by atoms with Gasteiger partial charge in [0.1, 0.15) is 6.54 Å². The number of carbonyl (C=O) groups excluding carboxylic acids is 1. The van der Waals surface area contributed by atoms with Crippen LogP contribution in [0.1, 0.15) is 18.1 Å². The van der Waals surface area contributed by atoms with Gasteiger partial charge in [-0.3, -0.25) is 9.10 Å². The molecule has 0 fully saturated rings. The number of hydrogen-bond acceptors (Lipinski definition) is 3. The summed E-state index contributed by atoms with van der Waals surface area (Å²) >= 11 is 12.3. The second-order valence-corrected chi connectivity index (χ2v) is 11.9. The van der Waals surface area contributed by atoms with E-state index in [0.717, 1.165) is 16.3 Å². The van der Waals surface area contributed by atoms with Crippen molar-refractivity contribution in [2.45, 2.75) is 25.2 Å². The molecule has 0 aliphatic carbocycles. The average molecular weight is 556 g/mol. The summed E-state index contributed by atoms with van der Waals surface area (Å²) in [6, 6.07) is 25.4. The van der Waals surface area contributed by atoms with E-state index in [1.807, 2.05) is 25.1 Å². The summed E-state index contributed by atoms with van der Waals surface area (Å²) in [6.45, 7) is 3.92. The Hall–Kier alpha value is -3.06. The number of amides is 1. The van der Waals surface area contributed by atoms with E-state index < -0.39 is 22.5 Å². The molecule has 5 nitrogen and oxygen atoms in total. The van der Waals surface area contributed by atoms with Gasteiger partial charge in [-0.2, -0.15) is 0 Å². The van der Waals surface area contributed by atoms with E-state index in [1.165, 1.54) is 46.7 Å². The van der Waals surface area contributed by atoms with E-state index in [0.29, 0.717) is 6.54 Å². The molecule has 0 heterocycles. The first-order valence-corrected chi connectivity index (χ1v) is 14.1. The molecule has 0 radical (unpaired) electrons. The van der Waals surface area contributed by atoms with Gasteiger partial charge in [0.2, 0.25) is 5.91 Å². The number of anilines is 1. The number of nitrogens with zero attached hydrogens (tertiary/aromatic N) is 1. The van der Waals surface area contributed by atoms with Crippen LogP contribution in [0.5, 0.6) is 0 Å². The minimum Gasteiger partial charge on any atom is -0.354 e. The number of aryl methyl sites for hydroxylation is 1. The molecule has 0 bridgehead atoms. The lowest BCUT2D eigenvalue weighted by Gasteiger charge is -2.25. The molecule has 0 aromatic heterocycles. The summed E-state index contributed by atoms with van der Waals surface area (Å²) in [4.78, 5) is 13.1. The fraction of sp³-hybridized carbons (Fsp3) is 0.207. The van der Waals surface area contributed by atoms with Crippen LogP contribution in [0.2, 0.25) is 10.0 Å². The zero-order valence-corrected chi connectivity index (χ0v) is 22.9. The summed E-state index contributed by atoms with van der Waals surface area (Å²) < 4.78 is 28.2. The molecular formula is C29H28Cl2N2O3S. The SMILES string of the molecule is Cc1ccc(S(=O)(=O)N(CC(=O)NCC(C)Cc2cccc3ccccc23)c2cc(Cl)cc(Cl)c2)cc1. The van der Waals surface area contributed by atoms with Gasteiger partial charge in [0.05, 0.1) is 10.6 Å². The summed E-state index contributed by atoms with van der Waals surface area (Å²) in [5.74, 6) is -0.283. The molecule has 192 valence electrons. The van der Waals surface area contributed by atoms with Crippen LogP contribution in [0.4, 0.5) is 5.69 Å². The zero-order valence-electron chi connectivity index (χ0n) is 20.6. The van der Waals surface area contributed by atoms with Gasteiger partial charge in [-0.1, -0.05) is 90.3 Å². The maximum absolute atomic E-state index is 13.6. The molecule has 1 amide bonds. The largest absolute Gasteiger partial charge is 0.354 e. The van der Waals surface area contributed by atoms with Crippen LogP contribution >= 0.6 is 23.2 Å². The second-order valence-electron chi connectivity index (χ2n) is 9.20. The van der Waals surface area contributed by atoms with Crippen molar-refractivity contribution in [2.24, 2.45) is 5.92 Å². The van der Waals surface area contributed by atoms with Crippen molar-refractivity contribution in [1.29, 1.82) is 0 Å². The van der Waals surface area contributed by atoms with Gasteiger partial charge < -0.3 is 5.32 Å². The van der Waals surface area contributed by atoms with Crippen LogP contribution in [0.3, 0.4) is 0 Å². The van der Waals surface area contributed by atoms with Crippen LogP contribution in [-0.4, -0.2) is 27.4 Å². The van der Waals surface area contributed by atoms with Crippen molar-refractivity contribution >= 4 is 55.6 Å². The van der Waals surface area contributed by atoms with Crippen LogP contribution in [0.25, 0.3) is 10.8 Å². The first-order chi connectivity index (χ1) is 17.6. The third-order valence-corrected chi connectivity index (χ3v) is 8.35. The Labute approximate surface area is 228 Å². The molecule has 0 saturated heterocycles. The van der Waals surface area contributed by atoms with E-state index in [4.69, 9.17) is 23.2 Å². The highest BCUT2D eigenvalue weighted by Gasteiger charge is 2.28. The van der Waals surface area contributed by atoms with Gasteiger partial charge in [0.15, 0.2) is 0 Å². The van der Waals surface area contributed by atoms with Crippen LogP contribution in [0.15, 0.2) is 89.8 Å². The fourth-order valence-corrected chi connectivity index (χ4v) is 6.15. The highest BCUT2D eigenvalue weighted by atomic mass is 35.5. The van der Waals surface area contributed by atoms with Crippen LogP contribution in [-0.2, 0) is 21.2 Å². The molecule has 1 N–H and O–H groups in total. The van der Waals surface area contributed by atoms with E-state index in [2.05, 4.69) is 36.5 Å². The monoisotopic (exact) mass is 554 g/mol. The van der Waals surface area contributed by atoms with E-state index in [9.17, 15) is 13.2 Å². The summed E-state index contributed by atoms with van der Waals surface area (Å²) in [6.07, 6.45) is 0.775. The first-order valence-electron chi connectivity index (χ1n) is 11.9. The predicted octanol–water partition coefficient (Wildman–Crippen LogP) is 6.65. The quantitative estimate of drug-likeness (QED) is 0.252. The molecule has 0 aliphatic heterocycles. The lowest BCUT2D eigenvalue weighted by molar-refractivity contribution is -0.119. The lowest BCUT2D eigenvalue weighted by atomic mass is 9.96. The molecule has 37 heavy (non-hydrogen) atoms. The molecule has 1 unspecified atom stereocenters. The van der Waals surface area contributed by atoms with Gasteiger partial charge in [0, 0.05) is 16.6 Å².